The Morgan fingerprint density at radius 3 is 2.52 bits per heavy atom. The number of hydrogen-bond donors (Lipinski definition) is 3. The summed E-state index contributed by atoms with van der Waals surface area (Å²) in [7, 11) is 0. The average molecular weight is 429 g/mol. The second kappa shape index (κ2) is 10.0. The maximum Gasteiger partial charge on any atom is 0.320 e. The van der Waals surface area contributed by atoms with E-state index in [4.69, 9.17) is 0 Å². The summed E-state index contributed by atoms with van der Waals surface area (Å²) in [6, 6.07) is 13.5. The Bertz CT molecular complexity index is 1070. The first kappa shape index (κ1) is 22.2. The van der Waals surface area contributed by atoms with Crippen molar-refractivity contribution in [3.8, 4) is 0 Å². The number of alkyl halides is 2. The minimum Gasteiger partial charge on any atom is -0.337 e. The summed E-state index contributed by atoms with van der Waals surface area (Å²) in [5, 5.41) is 7.84. The SMILES string of the molecule is CCc1ccccc1NC(=O)CNC(=O)NCC(C)c1nc2ccccc2n1C(F)F. The third kappa shape index (κ3) is 5.36. The highest BCUT2D eigenvalue weighted by Crippen LogP contribution is 2.27. The van der Waals surface area contributed by atoms with E-state index in [-0.39, 0.29) is 24.8 Å². The highest BCUT2D eigenvalue weighted by Gasteiger charge is 2.22. The summed E-state index contributed by atoms with van der Waals surface area (Å²) in [4.78, 5) is 28.5. The normalized spacial score (nSPS) is 12.0. The molecule has 1 unspecified atom stereocenters. The number of carbonyl (C=O) groups is 2. The fourth-order valence-electron chi connectivity index (χ4n) is 3.32. The fraction of sp³-hybridized carbons (Fsp3) is 0.318. The zero-order chi connectivity index (χ0) is 22.4. The lowest BCUT2D eigenvalue weighted by atomic mass is 10.1. The number of hydrogen-bond acceptors (Lipinski definition) is 3. The molecule has 0 aliphatic rings. The first-order valence-electron chi connectivity index (χ1n) is 10.0. The van der Waals surface area contributed by atoms with Gasteiger partial charge in [-0.3, -0.25) is 9.36 Å². The highest BCUT2D eigenvalue weighted by molar-refractivity contribution is 5.94. The molecule has 3 N–H and O–H groups in total. The van der Waals surface area contributed by atoms with Crippen molar-refractivity contribution in [3.05, 3.63) is 59.9 Å². The number of amides is 3. The summed E-state index contributed by atoms with van der Waals surface area (Å²) >= 11 is 0. The molecule has 7 nitrogen and oxygen atoms in total. The van der Waals surface area contributed by atoms with E-state index in [2.05, 4.69) is 20.9 Å². The van der Waals surface area contributed by atoms with Gasteiger partial charge in [-0.2, -0.15) is 8.78 Å². The number of para-hydroxylation sites is 3. The van der Waals surface area contributed by atoms with Crippen LogP contribution < -0.4 is 16.0 Å². The molecule has 3 aromatic rings. The first-order chi connectivity index (χ1) is 14.9. The highest BCUT2D eigenvalue weighted by atomic mass is 19.3. The number of imidazole rings is 1. The van der Waals surface area contributed by atoms with Crippen LogP contribution in [-0.2, 0) is 11.2 Å². The van der Waals surface area contributed by atoms with Crippen LogP contribution in [0.4, 0.5) is 19.3 Å². The number of benzene rings is 2. The number of aromatic nitrogens is 2. The molecule has 0 aliphatic heterocycles. The van der Waals surface area contributed by atoms with Gasteiger partial charge in [-0.15, -0.1) is 0 Å². The van der Waals surface area contributed by atoms with Crippen molar-refractivity contribution in [1.29, 1.82) is 0 Å². The minimum absolute atomic E-state index is 0.0855. The van der Waals surface area contributed by atoms with Crippen LogP contribution in [0.25, 0.3) is 11.0 Å². The van der Waals surface area contributed by atoms with Crippen LogP contribution in [0.15, 0.2) is 48.5 Å². The Morgan fingerprint density at radius 1 is 1.06 bits per heavy atom. The third-order valence-corrected chi connectivity index (χ3v) is 4.91. The van der Waals surface area contributed by atoms with Crippen molar-refractivity contribution in [1.82, 2.24) is 20.2 Å². The molecule has 0 saturated heterocycles. The van der Waals surface area contributed by atoms with Crippen LogP contribution in [0.3, 0.4) is 0 Å². The van der Waals surface area contributed by atoms with Gasteiger partial charge in [-0.1, -0.05) is 44.2 Å². The molecule has 0 bridgehead atoms. The molecule has 0 saturated carbocycles. The van der Waals surface area contributed by atoms with E-state index in [1.807, 2.05) is 25.1 Å². The first-order valence-corrected chi connectivity index (χ1v) is 10.0. The number of fused-ring (bicyclic) bond motifs is 1. The molecule has 1 heterocycles. The van der Waals surface area contributed by atoms with E-state index in [1.165, 1.54) is 0 Å². The number of nitrogens with one attached hydrogen (secondary N) is 3. The molecule has 0 aliphatic carbocycles. The molecule has 0 fully saturated rings. The third-order valence-electron chi connectivity index (χ3n) is 4.91. The molecule has 164 valence electrons. The fourth-order valence-corrected chi connectivity index (χ4v) is 3.32. The molecule has 2 aromatic carbocycles. The molecule has 3 rings (SSSR count). The largest absolute Gasteiger partial charge is 0.337 e. The Balaban J connectivity index is 1.53. The van der Waals surface area contributed by atoms with Crippen molar-refractivity contribution >= 4 is 28.7 Å². The van der Waals surface area contributed by atoms with Gasteiger partial charge in [0.2, 0.25) is 5.91 Å². The number of rotatable bonds is 8. The van der Waals surface area contributed by atoms with Gasteiger partial charge in [0.05, 0.1) is 17.6 Å². The van der Waals surface area contributed by atoms with Gasteiger partial charge in [0, 0.05) is 18.2 Å². The Kier molecular flexibility index (Phi) is 7.17. The Labute approximate surface area is 178 Å². The number of anilines is 1. The number of nitrogens with zero attached hydrogens (tertiary/aromatic N) is 2. The van der Waals surface area contributed by atoms with Crippen molar-refractivity contribution in [2.24, 2.45) is 0 Å². The van der Waals surface area contributed by atoms with Crippen molar-refractivity contribution < 1.29 is 18.4 Å². The zero-order valence-corrected chi connectivity index (χ0v) is 17.4. The molecule has 0 spiro atoms. The molecule has 31 heavy (non-hydrogen) atoms. The van der Waals surface area contributed by atoms with Gasteiger partial charge in [-0.05, 0) is 30.2 Å². The van der Waals surface area contributed by atoms with Crippen molar-refractivity contribution in [3.63, 3.8) is 0 Å². The van der Waals surface area contributed by atoms with Gasteiger partial charge in [0.15, 0.2) is 0 Å². The van der Waals surface area contributed by atoms with Crippen LogP contribution in [0.1, 0.15) is 37.7 Å². The van der Waals surface area contributed by atoms with Crippen LogP contribution >= 0.6 is 0 Å². The second-order valence-corrected chi connectivity index (χ2v) is 7.13. The van der Waals surface area contributed by atoms with E-state index < -0.39 is 18.5 Å². The van der Waals surface area contributed by atoms with Gasteiger partial charge >= 0.3 is 12.6 Å². The summed E-state index contributed by atoms with van der Waals surface area (Å²) in [5.41, 5.74) is 2.51. The van der Waals surface area contributed by atoms with Crippen molar-refractivity contribution in [2.75, 3.05) is 18.4 Å². The van der Waals surface area contributed by atoms with Crippen LogP contribution in [0.5, 0.6) is 0 Å². The van der Waals surface area contributed by atoms with E-state index in [9.17, 15) is 18.4 Å². The predicted molar refractivity (Wildman–Crippen MR) is 115 cm³/mol. The standard InChI is InChI=1S/C22H25F2N5O2/c1-3-15-8-4-5-9-16(15)27-19(30)13-26-22(31)25-12-14(2)20-28-17-10-6-7-11-18(17)29(20)21(23)24/h4-11,14,21H,3,12-13H2,1-2H3,(H,27,30)(H2,25,26,31). The van der Waals surface area contributed by atoms with Gasteiger partial charge in [0.1, 0.15) is 5.82 Å². The number of halogens is 2. The monoisotopic (exact) mass is 429 g/mol. The van der Waals surface area contributed by atoms with Crippen molar-refractivity contribution in [2.45, 2.75) is 32.7 Å². The maximum atomic E-state index is 13.6. The van der Waals surface area contributed by atoms with E-state index in [0.29, 0.717) is 16.7 Å². The summed E-state index contributed by atoms with van der Waals surface area (Å²) in [6.45, 7) is 0.818. The molecule has 9 heteroatoms. The lowest BCUT2D eigenvalue weighted by Gasteiger charge is -2.15. The lowest BCUT2D eigenvalue weighted by Crippen LogP contribution is -2.41. The Morgan fingerprint density at radius 2 is 1.77 bits per heavy atom. The Hall–Kier alpha value is -3.49. The average Bonchev–Trinajstić information content (AvgIpc) is 3.16. The van der Waals surface area contributed by atoms with Crippen LogP contribution in [-0.4, -0.2) is 34.6 Å². The smallest absolute Gasteiger partial charge is 0.320 e. The van der Waals surface area contributed by atoms with E-state index >= 15 is 0 Å². The minimum atomic E-state index is -2.74. The quantitative estimate of drug-likeness (QED) is 0.505. The zero-order valence-electron chi connectivity index (χ0n) is 17.4. The lowest BCUT2D eigenvalue weighted by molar-refractivity contribution is -0.115. The molecule has 1 aromatic heterocycles. The van der Waals surface area contributed by atoms with Gasteiger partial charge in [0.25, 0.3) is 0 Å². The number of aryl methyl sites for hydroxylation is 1. The van der Waals surface area contributed by atoms with Crippen LogP contribution in [0.2, 0.25) is 0 Å². The molecule has 3 amide bonds. The molecule has 1 atom stereocenters. The second-order valence-electron chi connectivity index (χ2n) is 7.13. The number of urea groups is 1. The summed E-state index contributed by atoms with van der Waals surface area (Å²) < 4.78 is 28.0. The summed E-state index contributed by atoms with van der Waals surface area (Å²) in [5.74, 6) is -0.633. The van der Waals surface area contributed by atoms with E-state index in [0.717, 1.165) is 16.6 Å². The predicted octanol–water partition coefficient (Wildman–Crippen LogP) is 4.04. The topological polar surface area (TPSA) is 88.1 Å². The van der Waals surface area contributed by atoms with E-state index in [1.54, 1.807) is 37.3 Å². The van der Waals surface area contributed by atoms with Gasteiger partial charge < -0.3 is 16.0 Å². The van der Waals surface area contributed by atoms with Gasteiger partial charge in [-0.25, -0.2) is 9.78 Å². The van der Waals surface area contributed by atoms with Crippen LogP contribution in [0, 0.1) is 0 Å². The molecule has 0 radical (unpaired) electrons. The molecular formula is C22H25F2N5O2. The maximum absolute atomic E-state index is 13.6. The number of carbonyl (C=O) groups excluding carboxylic acids is 2. The summed E-state index contributed by atoms with van der Waals surface area (Å²) in [6.07, 6.45) is 0.769. The molecular weight excluding hydrogens is 404 g/mol.